The minimum Gasteiger partial charge on any atom is -0.465 e. The van der Waals surface area contributed by atoms with Crippen LogP contribution in [-0.2, 0) is 17.6 Å². The van der Waals surface area contributed by atoms with Crippen LogP contribution in [0.25, 0.3) is 0 Å². The van der Waals surface area contributed by atoms with Gasteiger partial charge in [0.05, 0.1) is 12.7 Å². The predicted molar refractivity (Wildman–Crippen MR) is 69.7 cm³/mol. The van der Waals surface area contributed by atoms with Crippen molar-refractivity contribution in [3.8, 4) is 0 Å². The molecule has 1 saturated heterocycles. The van der Waals surface area contributed by atoms with Crippen LogP contribution in [0.4, 0.5) is 0 Å². The van der Waals surface area contributed by atoms with Gasteiger partial charge in [-0.1, -0.05) is 6.07 Å². The summed E-state index contributed by atoms with van der Waals surface area (Å²) in [6, 6.07) is 6.01. The van der Waals surface area contributed by atoms with Gasteiger partial charge in [0.25, 0.3) is 0 Å². The second-order valence-corrected chi connectivity index (χ2v) is 5.58. The van der Waals surface area contributed by atoms with E-state index in [9.17, 15) is 4.79 Å². The number of carbonyl (C=O) groups is 1. The van der Waals surface area contributed by atoms with Crippen LogP contribution in [-0.4, -0.2) is 26.2 Å². The lowest BCUT2D eigenvalue weighted by Crippen LogP contribution is -2.31. The lowest BCUT2D eigenvalue weighted by molar-refractivity contribution is 0.0600. The molecule has 1 aliphatic heterocycles. The Morgan fingerprint density at radius 1 is 1.33 bits per heavy atom. The molecule has 0 amide bonds. The number of nitrogens with one attached hydrogen (secondary N) is 1. The zero-order valence-electron chi connectivity index (χ0n) is 10.8. The van der Waals surface area contributed by atoms with Gasteiger partial charge < -0.3 is 10.1 Å². The van der Waals surface area contributed by atoms with E-state index in [1.807, 2.05) is 12.1 Å². The number of ether oxygens (including phenoxy) is 1. The van der Waals surface area contributed by atoms with E-state index < -0.39 is 0 Å². The zero-order chi connectivity index (χ0) is 12.6. The molecule has 0 unspecified atom stereocenters. The summed E-state index contributed by atoms with van der Waals surface area (Å²) in [5, 5.41) is 3.47. The summed E-state index contributed by atoms with van der Waals surface area (Å²) in [6.45, 7) is 2.25. The lowest BCUT2D eigenvalue weighted by atomic mass is 9.71. The molecule has 1 aromatic carbocycles. The first-order valence-corrected chi connectivity index (χ1v) is 6.63. The van der Waals surface area contributed by atoms with E-state index >= 15 is 0 Å². The summed E-state index contributed by atoms with van der Waals surface area (Å²) in [6.07, 6.45) is 4.76. The van der Waals surface area contributed by atoms with E-state index in [0.717, 1.165) is 25.9 Å². The molecule has 0 aromatic heterocycles. The van der Waals surface area contributed by atoms with Crippen LogP contribution in [0, 0.1) is 5.41 Å². The summed E-state index contributed by atoms with van der Waals surface area (Å²) in [7, 11) is 1.43. The molecule has 1 fully saturated rings. The van der Waals surface area contributed by atoms with Gasteiger partial charge in [-0.25, -0.2) is 4.79 Å². The van der Waals surface area contributed by atoms with Crippen molar-refractivity contribution in [1.82, 2.24) is 5.32 Å². The fourth-order valence-electron chi connectivity index (χ4n) is 3.33. The third-order valence-corrected chi connectivity index (χ3v) is 4.45. The molecule has 1 aromatic rings. The van der Waals surface area contributed by atoms with Crippen molar-refractivity contribution in [2.45, 2.75) is 25.7 Å². The minimum absolute atomic E-state index is 0.234. The SMILES string of the molecule is COC(=O)c1ccc2c(c1)C[C@@]1(CCNC1)CC2. The molecule has 1 heterocycles. The van der Waals surface area contributed by atoms with E-state index in [0.29, 0.717) is 11.0 Å². The minimum atomic E-state index is -0.234. The largest absolute Gasteiger partial charge is 0.465 e. The standard InChI is InChI=1S/C15H19NO2/c1-18-14(17)12-3-2-11-4-5-15(6-7-16-10-15)9-13(11)8-12/h2-3,8,16H,4-7,9-10H2,1H3/t15-/m0/s1. The van der Waals surface area contributed by atoms with Crippen molar-refractivity contribution < 1.29 is 9.53 Å². The summed E-state index contributed by atoms with van der Waals surface area (Å²) >= 11 is 0. The van der Waals surface area contributed by atoms with Crippen LogP contribution in [0.15, 0.2) is 18.2 Å². The molecular weight excluding hydrogens is 226 g/mol. The fraction of sp³-hybridized carbons (Fsp3) is 0.533. The quantitative estimate of drug-likeness (QED) is 0.768. The number of fused-ring (bicyclic) bond motifs is 1. The van der Waals surface area contributed by atoms with Crippen LogP contribution in [0.3, 0.4) is 0 Å². The van der Waals surface area contributed by atoms with Crippen LogP contribution in [0.5, 0.6) is 0 Å². The number of benzene rings is 1. The molecule has 1 atom stereocenters. The van der Waals surface area contributed by atoms with Crippen molar-refractivity contribution in [2.24, 2.45) is 5.41 Å². The Hall–Kier alpha value is -1.35. The topological polar surface area (TPSA) is 38.3 Å². The predicted octanol–water partition coefficient (Wildman–Crippen LogP) is 1.94. The first-order valence-electron chi connectivity index (χ1n) is 6.63. The Labute approximate surface area is 108 Å². The second-order valence-electron chi connectivity index (χ2n) is 5.58. The summed E-state index contributed by atoms with van der Waals surface area (Å²) < 4.78 is 4.79. The maximum Gasteiger partial charge on any atom is 0.337 e. The average Bonchev–Trinajstić information content (AvgIpc) is 2.85. The molecule has 18 heavy (non-hydrogen) atoms. The summed E-state index contributed by atoms with van der Waals surface area (Å²) in [4.78, 5) is 11.6. The van der Waals surface area contributed by atoms with E-state index in [4.69, 9.17) is 4.74 Å². The van der Waals surface area contributed by atoms with Crippen LogP contribution in [0.1, 0.15) is 34.3 Å². The molecule has 3 rings (SSSR count). The molecule has 0 bridgehead atoms. The number of aryl methyl sites for hydroxylation is 1. The van der Waals surface area contributed by atoms with Gasteiger partial charge in [0.2, 0.25) is 0 Å². The van der Waals surface area contributed by atoms with Gasteiger partial charge in [-0.2, -0.15) is 0 Å². The molecule has 96 valence electrons. The van der Waals surface area contributed by atoms with Crippen molar-refractivity contribution in [3.05, 3.63) is 34.9 Å². The van der Waals surface area contributed by atoms with E-state index in [1.165, 1.54) is 31.1 Å². The molecule has 1 N–H and O–H groups in total. The smallest absolute Gasteiger partial charge is 0.337 e. The van der Waals surface area contributed by atoms with Gasteiger partial charge in [-0.3, -0.25) is 0 Å². The van der Waals surface area contributed by atoms with Crippen LogP contribution < -0.4 is 5.32 Å². The van der Waals surface area contributed by atoms with E-state index in [2.05, 4.69) is 11.4 Å². The highest BCUT2D eigenvalue weighted by Crippen LogP contribution is 2.40. The zero-order valence-corrected chi connectivity index (χ0v) is 10.8. The van der Waals surface area contributed by atoms with Crippen LogP contribution >= 0.6 is 0 Å². The van der Waals surface area contributed by atoms with Crippen molar-refractivity contribution in [2.75, 3.05) is 20.2 Å². The molecule has 2 aliphatic rings. The molecular formula is C15H19NO2. The third-order valence-electron chi connectivity index (χ3n) is 4.45. The first-order chi connectivity index (χ1) is 8.72. The second kappa shape index (κ2) is 4.39. The fourth-order valence-corrected chi connectivity index (χ4v) is 3.33. The Balaban J connectivity index is 1.91. The van der Waals surface area contributed by atoms with Crippen LogP contribution in [0.2, 0.25) is 0 Å². The van der Waals surface area contributed by atoms with Gasteiger partial charge in [-0.05, 0) is 60.9 Å². The van der Waals surface area contributed by atoms with Crippen molar-refractivity contribution >= 4 is 5.97 Å². The Bertz CT molecular complexity index is 475. The highest BCUT2D eigenvalue weighted by atomic mass is 16.5. The maximum atomic E-state index is 11.6. The highest BCUT2D eigenvalue weighted by Gasteiger charge is 2.37. The van der Waals surface area contributed by atoms with Crippen molar-refractivity contribution in [3.63, 3.8) is 0 Å². The Morgan fingerprint density at radius 3 is 2.94 bits per heavy atom. The number of carbonyl (C=O) groups excluding carboxylic acids is 1. The van der Waals surface area contributed by atoms with Gasteiger partial charge in [-0.15, -0.1) is 0 Å². The van der Waals surface area contributed by atoms with Gasteiger partial charge in [0, 0.05) is 6.54 Å². The normalized spacial score (nSPS) is 26.1. The van der Waals surface area contributed by atoms with E-state index in [1.54, 1.807) is 0 Å². The maximum absolute atomic E-state index is 11.6. The first kappa shape index (κ1) is 11.7. The summed E-state index contributed by atoms with van der Waals surface area (Å²) in [5.41, 5.74) is 3.86. The third kappa shape index (κ3) is 1.93. The monoisotopic (exact) mass is 245 g/mol. The molecule has 1 aliphatic carbocycles. The highest BCUT2D eigenvalue weighted by molar-refractivity contribution is 5.89. The van der Waals surface area contributed by atoms with Crippen molar-refractivity contribution in [1.29, 1.82) is 0 Å². The Kier molecular flexibility index (Phi) is 2.86. The molecule has 1 spiro atoms. The number of esters is 1. The van der Waals surface area contributed by atoms with Gasteiger partial charge in [0.1, 0.15) is 0 Å². The number of methoxy groups -OCH3 is 1. The summed E-state index contributed by atoms with van der Waals surface area (Å²) in [5.74, 6) is -0.234. The molecule has 0 saturated carbocycles. The molecule has 0 radical (unpaired) electrons. The van der Waals surface area contributed by atoms with Gasteiger partial charge >= 0.3 is 5.97 Å². The van der Waals surface area contributed by atoms with Gasteiger partial charge in [0.15, 0.2) is 0 Å². The number of rotatable bonds is 1. The Morgan fingerprint density at radius 2 is 2.22 bits per heavy atom. The van der Waals surface area contributed by atoms with E-state index in [-0.39, 0.29) is 5.97 Å². The number of hydrogen-bond donors (Lipinski definition) is 1. The average molecular weight is 245 g/mol. The number of hydrogen-bond acceptors (Lipinski definition) is 3. The molecule has 3 nitrogen and oxygen atoms in total. The molecule has 3 heteroatoms. The lowest BCUT2D eigenvalue weighted by Gasteiger charge is -2.34.